The van der Waals surface area contributed by atoms with Gasteiger partial charge in [0.25, 0.3) is 0 Å². The predicted octanol–water partition coefficient (Wildman–Crippen LogP) is 2.12. The molecule has 0 fully saturated rings. The number of anilines is 1. The molecule has 7 heteroatoms. The molecule has 0 bridgehead atoms. The Kier molecular flexibility index (Phi) is 3.13. The van der Waals surface area contributed by atoms with Crippen LogP contribution in [-0.4, -0.2) is 20.9 Å². The van der Waals surface area contributed by atoms with Gasteiger partial charge in [-0.1, -0.05) is 18.5 Å². The fourth-order valence-corrected chi connectivity index (χ4v) is 2.37. The molecule has 17 heavy (non-hydrogen) atoms. The van der Waals surface area contributed by atoms with Crippen molar-refractivity contribution in [3.8, 4) is 6.07 Å². The summed E-state index contributed by atoms with van der Waals surface area (Å²) in [6, 6.07) is 2.04. The van der Waals surface area contributed by atoms with Gasteiger partial charge in [-0.15, -0.1) is 11.8 Å². The molecule has 2 N–H and O–H groups in total. The van der Waals surface area contributed by atoms with Gasteiger partial charge >= 0.3 is 0 Å². The van der Waals surface area contributed by atoms with Crippen molar-refractivity contribution < 1.29 is 0 Å². The van der Waals surface area contributed by atoms with Gasteiger partial charge in [-0.05, 0) is 12.7 Å². The van der Waals surface area contributed by atoms with E-state index in [9.17, 15) is 0 Å². The maximum atomic E-state index is 9.07. The number of aromatic nitrogens is 3. The van der Waals surface area contributed by atoms with Gasteiger partial charge in [-0.25, -0.2) is 4.98 Å². The van der Waals surface area contributed by atoms with Crippen LogP contribution < -0.4 is 5.73 Å². The topological polar surface area (TPSA) is 80.0 Å². The van der Waals surface area contributed by atoms with Crippen LogP contribution >= 0.6 is 23.4 Å². The maximum Gasteiger partial charge on any atom is 0.177 e. The van der Waals surface area contributed by atoms with Crippen LogP contribution in [-0.2, 0) is 6.42 Å². The van der Waals surface area contributed by atoms with E-state index in [0.717, 1.165) is 5.69 Å². The molecule has 0 amide bonds. The van der Waals surface area contributed by atoms with Gasteiger partial charge in [0.1, 0.15) is 27.5 Å². The van der Waals surface area contributed by atoms with Crippen LogP contribution in [0.25, 0.3) is 5.65 Å². The molecular formula is C10H10ClN5S. The first kappa shape index (κ1) is 12.0. The highest BCUT2D eigenvalue weighted by molar-refractivity contribution is 7.98. The average molecular weight is 268 g/mol. The van der Waals surface area contributed by atoms with E-state index in [-0.39, 0.29) is 5.82 Å². The van der Waals surface area contributed by atoms with Gasteiger partial charge in [0.15, 0.2) is 5.65 Å². The highest BCUT2D eigenvalue weighted by Gasteiger charge is 2.18. The molecule has 0 aromatic carbocycles. The number of nitrogen functional groups attached to an aromatic ring is 1. The number of rotatable bonds is 2. The van der Waals surface area contributed by atoms with E-state index in [1.165, 1.54) is 16.3 Å². The normalized spacial score (nSPS) is 10.7. The zero-order valence-electron chi connectivity index (χ0n) is 9.36. The maximum absolute atomic E-state index is 9.07. The van der Waals surface area contributed by atoms with E-state index in [1.807, 2.05) is 19.2 Å². The summed E-state index contributed by atoms with van der Waals surface area (Å²) in [5.74, 6) is 0.281. The van der Waals surface area contributed by atoms with E-state index in [4.69, 9.17) is 22.6 Å². The summed E-state index contributed by atoms with van der Waals surface area (Å²) in [6.07, 6.45) is 2.53. The van der Waals surface area contributed by atoms with Crippen LogP contribution in [0, 0.1) is 11.3 Å². The summed E-state index contributed by atoms with van der Waals surface area (Å²) >= 11 is 7.52. The van der Waals surface area contributed by atoms with Crippen molar-refractivity contribution in [3.63, 3.8) is 0 Å². The predicted molar refractivity (Wildman–Crippen MR) is 68.3 cm³/mol. The Bertz CT molecular complexity index is 628. The molecule has 0 aliphatic carbocycles. The van der Waals surface area contributed by atoms with Gasteiger partial charge in [0.05, 0.1) is 5.69 Å². The van der Waals surface area contributed by atoms with E-state index in [0.29, 0.717) is 27.7 Å². The summed E-state index contributed by atoms with van der Waals surface area (Å²) in [5, 5.41) is 14.4. The van der Waals surface area contributed by atoms with Crippen molar-refractivity contribution in [1.82, 2.24) is 14.6 Å². The Morgan fingerprint density at radius 3 is 2.82 bits per heavy atom. The van der Waals surface area contributed by atoms with E-state index < -0.39 is 0 Å². The molecule has 2 aromatic rings. The van der Waals surface area contributed by atoms with E-state index >= 15 is 0 Å². The Morgan fingerprint density at radius 1 is 1.59 bits per heavy atom. The molecular weight excluding hydrogens is 258 g/mol. The van der Waals surface area contributed by atoms with Crippen LogP contribution in [0.4, 0.5) is 5.82 Å². The SMILES string of the molecule is CCc1nn2c(N)c(C#N)c(SC)nc2c1Cl. The summed E-state index contributed by atoms with van der Waals surface area (Å²) in [7, 11) is 0. The van der Waals surface area contributed by atoms with Crippen molar-refractivity contribution >= 4 is 34.8 Å². The fourth-order valence-electron chi connectivity index (χ4n) is 1.54. The Hall–Kier alpha value is -1.45. The number of hydrogen-bond acceptors (Lipinski definition) is 5. The minimum Gasteiger partial charge on any atom is -0.382 e. The molecule has 2 heterocycles. The largest absolute Gasteiger partial charge is 0.382 e. The second kappa shape index (κ2) is 4.43. The average Bonchev–Trinajstić information content (AvgIpc) is 2.66. The third-order valence-corrected chi connectivity index (χ3v) is 3.49. The third-order valence-electron chi connectivity index (χ3n) is 2.42. The third kappa shape index (κ3) is 1.72. The Balaban J connectivity index is 2.89. The number of aryl methyl sites for hydroxylation is 1. The van der Waals surface area contributed by atoms with Crippen LogP contribution in [0.3, 0.4) is 0 Å². The molecule has 0 radical (unpaired) electrons. The summed E-state index contributed by atoms with van der Waals surface area (Å²) in [6.45, 7) is 1.95. The van der Waals surface area contributed by atoms with Gasteiger partial charge in [-0.3, -0.25) is 0 Å². The number of halogens is 1. The lowest BCUT2D eigenvalue weighted by atomic mass is 10.3. The zero-order valence-corrected chi connectivity index (χ0v) is 10.9. The lowest BCUT2D eigenvalue weighted by Crippen LogP contribution is -2.05. The van der Waals surface area contributed by atoms with Crippen LogP contribution in [0.15, 0.2) is 5.03 Å². The molecule has 2 rings (SSSR count). The standard InChI is InChI=1S/C10H10ClN5S/c1-3-6-7(11)9-14-10(17-2)5(4-12)8(13)16(9)15-6/h3,13H2,1-2H3. The summed E-state index contributed by atoms with van der Waals surface area (Å²) < 4.78 is 1.43. The minimum absolute atomic E-state index is 0.281. The molecule has 88 valence electrons. The van der Waals surface area contributed by atoms with Gasteiger partial charge in [-0.2, -0.15) is 14.9 Å². The number of nitrogens with zero attached hydrogens (tertiary/aromatic N) is 4. The minimum atomic E-state index is 0.281. The van der Waals surface area contributed by atoms with E-state index in [1.54, 1.807) is 0 Å². The van der Waals surface area contributed by atoms with E-state index in [2.05, 4.69) is 10.1 Å². The molecule has 0 aliphatic heterocycles. The second-order valence-corrected chi connectivity index (χ2v) is 4.52. The Morgan fingerprint density at radius 2 is 2.29 bits per heavy atom. The van der Waals surface area contributed by atoms with Crippen molar-refractivity contribution in [2.75, 3.05) is 12.0 Å². The molecule has 0 aliphatic rings. The smallest absolute Gasteiger partial charge is 0.177 e. The lowest BCUT2D eigenvalue weighted by molar-refractivity contribution is 0.880. The molecule has 2 aromatic heterocycles. The number of nitrogens with two attached hydrogens (primary N) is 1. The first-order valence-electron chi connectivity index (χ1n) is 4.94. The van der Waals surface area contributed by atoms with Crippen LogP contribution in [0.2, 0.25) is 5.02 Å². The number of fused-ring (bicyclic) bond motifs is 1. The summed E-state index contributed by atoms with van der Waals surface area (Å²) in [4.78, 5) is 4.32. The number of thioether (sulfide) groups is 1. The van der Waals surface area contributed by atoms with Crippen molar-refractivity contribution in [2.24, 2.45) is 0 Å². The van der Waals surface area contributed by atoms with Crippen molar-refractivity contribution in [1.29, 1.82) is 5.26 Å². The van der Waals surface area contributed by atoms with Gasteiger partial charge in [0, 0.05) is 0 Å². The molecule has 0 saturated carbocycles. The quantitative estimate of drug-likeness (QED) is 0.666. The highest BCUT2D eigenvalue weighted by Crippen LogP contribution is 2.29. The van der Waals surface area contributed by atoms with Crippen LogP contribution in [0.5, 0.6) is 0 Å². The van der Waals surface area contributed by atoms with Crippen LogP contribution in [0.1, 0.15) is 18.2 Å². The lowest BCUT2D eigenvalue weighted by Gasteiger charge is -2.04. The second-order valence-electron chi connectivity index (χ2n) is 3.34. The summed E-state index contributed by atoms with van der Waals surface area (Å²) in [5.41, 5.74) is 7.48. The fraction of sp³-hybridized carbons (Fsp3) is 0.300. The zero-order chi connectivity index (χ0) is 12.6. The van der Waals surface area contributed by atoms with Gasteiger partial charge < -0.3 is 5.73 Å². The first-order valence-corrected chi connectivity index (χ1v) is 6.55. The molecule has 0 spiro atoms. The number of hydrogen-bond donors (Lipinski definition) is 1. The molecule has 5 nitrogen and oxygen atoms in total. The monoisotopic (exact) mass is 267 g/mol. The molecule has 0 unspecified atom stereocenters. The van der Waals surface area contributed by atoms with Crippen molar-refractivity contribution in [3.05, 3.63) is 16.3 Å². The first-order chi connectivity index (χ1) is 8.13. The molecule has 0 saturated heterocycles. The molecule has 0 atom stereocenters. The van der Waals surface area contributed by atoms with Crippen molar-refractivity contribution in [2.45, 2.75) is 18.4 Å². The Labute approximate surface area is 108 Å². The number of nitriles is 1. The van der Waals surface area contributed by atoms with Gasteiger partial charge in [0.2, 0.25) is 0 Å². The highest BCUT2D eigenvalue weighted by atomic mass is 35.5.